The van der Waals surface area contributed by atoms with Crippen LogP contribution in [-0.2, 0) is 14.3 Å². The summed E-state index contributed by atoms with van der Waals surface area (Å²) in [5.41, 5.74) is 0. The first-order chi connectivity index (χ1) is 19.6. The van der Waals surface area contributed by atoms with Crippen molar-refractivity contribution >= 4 is 11.9 Å². The van der Waals surface area contributed by atoms with Crippen LogP contribution in [0.4, 0.5) is 0 Å². The van der Waals surface area contributed by atoms with Crippen molar-refractivity contribution in [1.82, 2.24) is 0 Å². The van der Waals surface area contributed by atoms with Gasteiger partial charge in [-0.3, -0.25) is 9.59 Å². The van der Waals surface area contributed by atoms with Crippen LogP contribution >= 0.6 is 0 Å². The number of allylic oxidation sites excluding steroid dienone is 3. The number of aliphatic carboxylic acids is 1. The van der Waals surface area contributed by atoms with Gasteiger partial charge in [-0.15, -0.1) is 0 Å². The molecule has 0 amide bonds. The fraction of sp³-hybridized carbons (Fsp3) is 0.833. The smallest absolute Gasteiger partial charge is 0.306 e. The van der Waals surface area contributed by atoms with E-state index in [0.717, 1.165) is 64.2 Å². The monoisotopic (exact) mass is 562 g/mol. The molecule has 0 aliphatic rings. The van der Waals surface area contributed by atoms with E-state index in [0.29, 0.717) is 6.42 Å². The number of ether oxygens (including phenoxy) is 1. The van der Waals surface area contributed by atoms with Crippen molar-refractivity contribution in [2.24, 2.45) is 0 Å². The standard InChI is InChI=1S/C36H66O4/c1-3-5-7-9-11-13-14-15-17-19-25-29-33-36(39)40-34(30-26-22-18-16-12-10-8-6-4-2)31-27-23-20-21-24-28-32-35(37)38/h11,13,26,30,34H,3-10,12,14-25,27-29,31-33H2,1-2H3,(H,37,38)/b13-11-,30-26-. The lowest BCUT2D eigenvalue weighted by Gasteiger charge is -2.15. The van der Waals surface area contributed by atoms with Crippen LogP contribution < -0.4 is 0 Å². The lowest BCUT2D eigenvalue weighted by Crippen LogP contribution is -2.16. The van der Waals surface area contributed by atoms with Crippen molar-refractivity contribution in [1.29, 1.82) is 0 Å². The minimum absolute atomic E-state index is 0.0470. The van der Waals surface area contributed by atoms with Gasteiger partial charge in [-0.05, 0) is 70.3 Å². The fourth-order valence-electron chi connectivity index (χ4n) is 5.03. The molecule has 0 saturated heterocycles. The number of rotatable bonds is 31. The molecule has 40 heavy (non-hydrogen) atoms. The first-order valence-corrected chi connectivity index (χ1v) is 17.3. The molecule has 4 nitrogen and oxygen atoms in total. The Hall–Kier alpha value is -1.58. The molecule has 0 bridgehead atoms. The third-order valence-corrected chi connectivity index (χ3v) is 7.63. The Morgan fingerprint density at radius 3 is 1.55 bits per heavy atom. The van der Waals surface area contributed by atoms with Gasteiger partial charge in [0, 0.05) is 12.8 Å². The molecule has 0 aromatic heterocycles. The molecule has 0 aromatic rings. The normalized spacial score (nSPS) is 12.4. The van der Waals surface area contributed by atoms with Crippen LogP contribution in [0.15, 0.2) is 24.3 Å². The molecule has 1 unspecified atom stereocenters. The van der Waals surface area contributed by atoms with Gasteiger partial charge in [0.1, 0.15) is 6.10 Å². The van der Waals surface area contributed by atoms with E-state index < -0.39 is 5.97 Å². The summed E-state index contributed by atoms with van der Waals surface area (Å²) < 4.78 is 5.89. The summed E-state index contributed by atoms with van der Waals surface area (Å²) in [6, 6.07) is 0. The molecule has 234 valence electrons. The van der Waals surface area contributed by atoms with Crippen LogP contribution in [0.25, 0.3) is 0 Å². The van der Waals surface area contributed by atoms with Crippen molar-refractivity contribution < 1.29 is 19.4 Å². The number of carboxylic acid groups (broad SMARTS) is 1. The lowest BCUT2D eigenvalue weighted by atomic mass is 10.0. The predicted molar refractivity (Wildman–Crippen MR) is 172 cm³/mol. The Labute approximate surface area is 248 Å². The molecule has 0 aliphatic carbocycles. The summed E-state index contributed by atoms with van der Waals surface area (Å²) >= 11 is 0. The van der Waals surface area contributed by atoms with Gasteiger partial charge in [0.2, 0.25) is 0 Å². The number of unbranched alkanes of at least 4 members (excludes halogenated alkanes) is 20. The highest BCUT2D eigenvalue weighted by molar-refractivity contribution is 5.69. The van der Waals surface area contributed by atoms with Crippen LogP contribution in [0.1, 0.15) is 187 Å². The highest BCUT2D eigenvalue weighted by Crippen LogP contribution is 2.16. The first-order valence-electron chi connectivity index (χ1n) is 17.3. The molecule has 1 atom stereocenters. The Balaban J connectivity index is 4.15. The van der Waals surface area contributed by atoms with E-state index in [2.05, 4.69) is 38.2 Å². The predicted octanol–water partition coefficient (Wildman–Crippen LogP) is 11.7. The number of carbonyl (C=O) groups excluding carboxylic acids is 1. The minimum Gasteiger partial charge on any atom is -0.481 e. The Morgan fingerprint density at radius 2 is 0.975 bits per heavy atom. The lowest BCUT2D eigenvalue weighted by molar-refractivity contribution is -0.147. The van der Waals surface area contributed by atoms with E-state index in [-0.39, 0.29) is 18.5 Å². The summed E-state index contributed by atoms with van der Waals surface area (Å²) in [6.07, 6.45) is 39.1. The zero-order valence-electron chi connectivity index (χ0n) is 26.7. The molecule has 0 heterocycles. The van der Waals surface area contributed by atoms with Gasteiger partial charge in [-0.1, -0.05) is 128 Å². The van der Waals surface area contributed by atoms with Gasteiger partial charge in [0.15, 0.2) is 0 Å². The maximum Gasteiger partial charge on any atom is 0.306 e. The number of esters is 1. The molecular formula is C36H66O4. The molecule has 0 aromatic carbocycles. The minimum atomic E-state index is -0.700. The largest absolute Gasteiger partial charge is 0.481 e. The van der Waals surface area contributed by atoms with Gasteiger partial charge < -0.3 is 9.84 Å². The average molecular weight is 563 g/mol. The third-order valence-electron chi connectivity index (χ3n) is 7.63. The van der Waals surface area contributed by atoms with Crippen molar-refractivity contribution in [3.63, 3.8) is 0 Å². The van der Waals surface area contributed by atoms with Gasteiger partial charge in [-0.25, -0.2) is 0 Å². The van der Waals surface area contributed by atoms with Crippen molar-refractivity contribution in [3.8, 4) is 0 Å². The third kappa shape index (κ3) is 31.0. The number of carboxylic acids is 1. The van der Waals surface area contributed by atoms with E-state index >= 15 is 0 Å². The van der Waals surface area contributed by atoms with Crippen LogP contribution in [0.2, 0.25) is 0 Å². The molecule has 0 saturated carbocycles. The van der Waals surface area contributed by atoms with Crippen LogP contribution in [-0.4, -0.2) is 23.1 Å². The topological polar surface area (TPSA) is 63.6 Å². The summed E-state index contributed by atoms with van der Waals surface area (Å²) in [5, 5.41) is 8.75. The molecular weight excluding hydrogens is 496 g/mol. The van der Waals surface area contributed by atoms with E-state index in [1.807, 2.05) is 0 Å². The van der Waals surface area contributed by atoms with Crippen molar-refractivity contribution in [3.05, 3.63) is 24.3 Å². The van der Waals surface area contributed by atoms with E-state index in [1.165, 1.54) is 96.3 Å². The fourth-order valence-corrected chi connectivity index (χ4v) is 5.03. The van der Waals surface area contributed by atoms with Crippen LogP contribution in [0.5, 0.6) is 0 Å². The summed E-state index contributed by atoms with van der Waals surface area (Å²) in [7, 11) is 0. The molecule has 0 rings (SSSR count). The van der Waals surface area contributed by atoms with Crippen molar-refractivity contribution in [2.75, 3.05) is 0 Å². The Kier molecular flexibility index (Phi) is 30.7. The highest BCUT2D eigenvalue weighted by Gasteiger charge is 2.11. The second-order valence-electron chi connectivity index (χ2n) is 11.7. The van der Waals surface area contributed by atoms with Crippen LogP contribution in [0, 0.1) is 0 Å². The average Bonchev–Trinajstić information content (AvgIpc) is 2.93. The van der Waals surface area contributed by atoms with E-state index in [9.17, 15) is 9.59 Å². The number of hydrogen-bond donors (Lipinski definition) is 1. The Bertz CT molecular complexity index is 610. The maximum absolute atomic E-state index is 12.5. The molecule has 4 heteroatoms. The number of hydrogen-bond acceptors (Lipinski definition) is 3. The van der Waals surface area contributed by atoms with E-state index in [1.54, 1.807) is 0 Å². The number of carbonyl (C=O) groups is 2. The second-order valence-corrected chi connectivity index (χ2v) is 11.7. The van der Waals surface area contributed by atoms with Crippen LogP contribution in [0.3, 0.4) is 0 Å². The van der Waals surface area contributed by atoms with Gasteiger partial charge in [0.25, 0.3) is 0 Å². The molecule has 0 aliphatic heterocycles. The Morgan fingerprint density at radius 1 is 0.550 bits per heavy atom. The zero-order chi connectivity index (χ0) is 29.4. The highest BCUT2D eigenvalue weighted by atomic mass is 16.5. The zero-order valence-corrected chi connectivity index (χ0v) is 26.7. The summed E-state index contributed by atoms with van der Waals surface area (Å²) in [4.78, 5) is 23.2. The van der Waals surface area contributed by atoms with Crippen molar-refractivity contribution in [2.45, 2.75) is 193 Å². The quantitative estimate of drug-likeness (QED) is 0.0518. The summed E-state index contributed by atoms with van der Waals surface area (Å²) in [6.45, 7) is 4.50. The second kappa shape index (κ2) is 31.9. The van der Waals surface area contributed by atoms with E-state index in [4.69, 9.17) is 9.84 Å². The molecule has 0 fully saturated rings. The molecule has 0 radical (unpaired) electrons. The molecule has 1 N–H and O–H groups in total. The van der Waals surface area contributed by atoms with Gasteiger partial charge >= 0.3 is 11.9 Å². The van der Waals surface area contributed by atoms with Gasteiger partial charge in [-0.2, -0.15) is 0 Å². The maximum atomic E-state index is 12.5. The van der Waals surface area contributed by atoms with Gasteiger partial charge in [0.05, 0.1) is 0 Å². The SMILES string of the molecule is CCCCC/C=C\CCCCCCCC(=O)OC(/C=C\CCCCCCCCC)CCCCCCCCC(=O)O. The first kappa shape index (κ1) is 38.4. The summed E-state index contributed by atoms with van der Waals surface area (Å²) in [5.74, 6) is -0.747. The molecule has 0 spiro atoms.